The van der Waals surface area contributed by atoms with E-state index in [4.69, 9.17) is 0 Å². The minimum atomic E-state index is 0.513. The summed E-state index contributed by atoms with van der Waals surface area (Å²) in [6, 6.07) is 0.513. The van der Waals surface area contributed by atoms with Crippen LogP contribution in [0.2, 0.25) is 0 Å². The molecular formula is C8H15N3S. The van der Waals surface area contributed by atoms with Gasteiger partial charge in [0, 0.05) is 25.7 Å². The van der Waals surface area contributed by atoms with Gasteiger partial charge in [-0.25, -0.2) is 4.99 Å². The van der Waals surface area contributed by atoms with Gasteiger partial charge in [0.2, 0.25) is 0 Å². The first-order chi connectivity index (χ1) is 5.74. The molecule has 0 N–H and O–H groups in total. The molecule has 3 nitrogen and oxygen atoms in total. The Morgan fingerprint density at radius 2 is 2.25 bits per heavy atom. The topological polar surface area (TPSA) is 18.8 Å². The maximum absolute atomic E-state index is 4.54. The van der Waals surface area contributed by atoms with E-state index >= 15 is 0 Å². The number of isothiocyanates is 1. The zero-order chi connectivity index (χ0) is 8.97. The zero-order valence-corrected chi connectivity index (χ0v) is 8.47. The van der Waals surface area contributed by atoms with Gasteiger partial charge in [-0.15, -0.1) is 0 Å². The van der Waals surface area contributed by atoms with Crippen LogP contribution in [0.25, 0.3) is 0 Å². The predicted octanol–water partition coefficient (Wildman–Crippen LogP) is 0.335. The summed E-state index contributed by atoms with van der Waals surface area (Å²) in [5.74, 6) is 0. The van der Waals surface area contributed by atoms with Crippen LogP contribution in [0.5, 0.6) is 0 Å². The highest BCUT2D eigenvalue weighted by molar-refractivity contribution is 7.78. The van der Waals surface area contributed by atoms with Crippen molar-refractivity contribution in [2.75, 3.05) is 40.3 Å². The molecule has 1 aliphatic heterocycles. The lowest BCUT2D eigenvalue weighted by Gasteiger charge is -2.36. The lowest BCUT2D eigenvalue weighted by Crippen LogP contribution is -2.51. The Kier molecular flexibility index (Phi) is 3.82. The van der Waals surface area contributed by atoms with Crippen LogP contribution < -0.4 is 0 Å². The van der Waals surface area contributed by atoms with Crippen molar-refractivity contribution in [1.82, 2.24) is 9.80 Å². The SMILES string of the molecule is CN1CCN(C)C(CN=C=S)C1. The average Bonchev–Trinajstić information content (AvgIpc) is 2.07. The van der Waals surface area contributed by atoms with Gasteiger partial charge in [0.05, 0.1) is 11.7 Å². The van der Waals surface area contributed by atoms with Crippen LogP contribution in [-0.2, 0) is 0 Å². The average molecular weight is 185 g/mol. The summed E-state index contributed by atoms with van der Waals surface area (Å²) in [4.78, 5) is 8.63. The van der Waals surface area contributed by atoms with Crippen LogP contribution >= 0.6 is 12.2 Å². The van der Waals surface area contributed by atoms with Gasteiger partial charge in [-0.1, -0.05) is 0 Å². The Labute approximate surface area is 79.1 Å². The van der Waals surface area contributed by atoms with E-state index in [0.717, 1.165) is 26.2 Å². The van der Waals surface area contributed by atoms with Gasteiger partial charge in [0.1, 0.15) is 0 Å². The van der Waals surface area contributed by atoms with E-state index in [9.17, 15) is 0 Å². The molecule has 1 fully saturated rings. The molecule has 1 aliphatic rings. The lowest BCUT2D eigenvalue weighted by atomic mass is 10.2. The molecule has 1 saturated heterocycles. The van der Waals surface area contributed by atoms with E-state index in [2.05, 4.69) is 46.3 Å². The maximum atomic E-state index is 4.54. The molecule has 68 valence electrons. The fourth-order valence-corrected chi connectivity index (χ4v) is 1.52. The number of rotatable bonds is 2. The first-order valence-electron chi connectivity index (χ1n) is 4.16. The molecule has 0 aromatic carbocycles. The predicted molar refractivity (Wildman–Crippen MR) is 53.8 cm³/mol. The van der Waals surface area contributed by atoms with E-state index < -0.39 is 0 Å². The zero-order valence-electron chi connectivity index (χ0n) is 7.66. The smallest absolute Gasteiger partial charge is 0.0660 e. The molecule has 0 aromatic heterocycles. The molecule has 1 heterocycles. The van der Waals surface area contributed by atoms with Gasteiger partial charge >= 0.3 is 0 Å². The van der Waals surface area contributed by atoms with Gasteiger partial charge in [-0.3, -0.25) is 4.90 Å². The molecule has 1 unspecified atom stereocenters. The second kappa shape index (κ2) is 4.67. The van der Waals surface area contributed by atoms with Crippen molar-refractivity contribution in [1.29, 1.82) is 0 Å². The molecule has 0 spiro atoms. The van der Waals surface area contributed by atoms with Gasteiger partial charge in [0.15, 0.2) is 0 Å². The van der Waals surface area contributed by atoms with Gasteiger partial charge in [0.25, 0.3) is 0 Å². The fraction of sp³-hybridized carbons (Fsp3) is 0.875. The van der Waals surface area contributed by atoms with Crippen molar-refractivity contribution < 1.29 is 0 Å². The summed E-state index contributed by atoms with van der Waals surface area (Å²) >= 11 is 4.54. The molecule has 0 bridgehead atoms. The van der Waals surface area contributed by atoms with Crippen LogP contribution in [0.15, 0.2) is 4.99 Å². The summed E-state index contributed by atoms with van der Waals surface area (Å²) in [6.45, 7) is 4.13. The lowest BCUT2D eigenvalue weighted by molar-refractivity contribution is 0.120. The summed E-state index contributed by atoms with van der Waals surface area (Å²) in [6.07, 6.45) is 0. The van der Waals surface area contributed by atoms with Gasteiger partial charge in [-0.2, -0.15) is 0 Å². The molecule has 1 rings (SSSR count). The maximum Gasteiger partial charge on any atom is 0.0660 e. The molecule has 0 aromatic rings. The molecule has 0 aliphatic carbocycles. The van der Waals surface area contributed by atoms with E-state index in [0.29, 0.717) is 6.04 Å². The summed E-state index contributed by atoms with van der Waals surface area (Å²) in [5.41, 5.74) is 0. The number of piperazine rings is 1. The number of likely N-dealkylation sites (N-methyl/N-ethyl adjacent to an activating group) is 2. The Hall–Kier alpha value is -0.280. The first kappa shape index (κ1) is 9.81. The number of nitrogens with zero attached hydrogens (tertiary/aromatic N) is 3. The van der Waals surface area contributed by atoms with Crippen LogP contribution in [0, 0.1) is 0 Å². The third kappa shape index (κ3) is 2.64. The molecule has 1 atom stereocenters. The number of aliphatic imine (C=N–C) groups is 1. The van der Waals surface area contributed by atoms with E-state index in [1.165, 1.54) is 0 Å². The van der Waals surface area contributed by atoms with Crippen LogP contribution in [0.1, 0.15) is 0 Å². The summed E-state index contributed by atoms with van der Waals surface area (Å²) in [5, 5.41) is 2.41. The number of thiocarbonyl (C=S) groups is 1. The van der Waals surface area contributed by atoms with Crippen LogP contribution in [0.4, 0.5) is 0 Å². The van der Waals surface area contributed by atoms with Crippen molar-refractivity contribution in [2.45, 2.75) is 6.04 Å². The quantitative estimate of drug-likeness (QED) is 0.456. The highest BCUT2D eigenvalue weighted by atomic mass is 32.1. The molecule has 0 radical (unpaired) electrons. The highest BCUT2D eigenvalue weighted by Crippen LogP contribution is 2.05. The third-order valence-corrected chi connectivity index (χ3v) is 2.48. The Balaban J connectivity index is 2.43. The standard InChI is InChI=1S/C8H15N3S/c1-10-3-4-11(2)8(6-10)5-9-7-12/h8H,3-6H2,1-2H3. The second-order valence-electron chi connectivity index (χ2n) is 3.33. The van der Waals surface area contributed by atoms with Crippen molar-refractivity contribution in [2.24, 2.45) is 4.99 Å². The number of hydrogen-bond donors (Lipinski definition) is 0. The number of hydrogen-bond acceptors (Lipinski definition) is 4. The summed E-state index contributed by atoms with van der Waals surface area (Å²) < 4.78 is 0. The van der Waals surface area contributed by atoms with Crippen molar-refractivity contribution in [3.8, 4) is 0 Å². The first-order valence-corrected chi connectivity index (χ1v) is 4.57. The van der Waals surface area contributed by atoms with Crippen molar-refractivity contribution in [3.05, 3.63) is 0 Å². The van der Waals surface area contributed by atoms with E-state index in [1.807, 2.05) is 0 Å². The normalized spacial score (nSPS) is 26.7. The molecule has 12 heavy (non-hydrogen) atoms. The van der Waals surface area contributed by atoms with Crippen LogP contribution in [-0.4, -0.2) is 61.3 Å². The molecule has 4 heteroatoms. The fourth-order valence-electron chi connectivity index (χ4n) is 1.44. The molecular weight excluding hydrogens is 170 g/mol. The Morgan fingerprint density at radius 1 is 1.50 bits per heavy atom. The van der Waals surface area contributed by atoms with Gasteiger partial charge < -0.3 is 4.90 Å². The van der Waals surface area contributed by atoms with E-state index in [1.54, 1.807) is 0 Å². The van der Waals surface area contributed by atoms with E-state index in [-0.39, 0.29) is 0 Å². The summed E-state index contributed by atoms with van der Waals surface area (Å²) in [7, 11) is 4.28. The molecule has 0 saturated carbocycles. The minimum absolute atomic E-state index is 0.513. The van der Waals surface area contributed by atoms with Crippen molar-refractivity contribution >= 4 is 17.4 Å². The largest absolute Gasteiger partial charge is 0.303 e. The van der Waals surface area contributed by atoms with Crippen LogP contribution in [0.3, 0.4) is 0 Å². The minimum Gasteiger partial charge on any atom is -0.303 e. The highest BCUT2D eigenvalue weighted by Gasteiger charge is 2.21. The monoisotopic (exact) mass is 185 g/mol. The third-order valence-electron chi connectivity index (χ3n) is 2.35. The Bertz CT molecular complexity index is 189. The second-order valence-corrected chi connectivity index (χ2v) is 3.51. The molecule has 0 amide bonds. The van der Waals surface area contributed by atoms with Gasteiger partial charge in [-0.05, 0) is 26.3 Å². The Morgan fingerprint density at radius 3 is 2.92 bits per heavy atom. The van der Waals surface area contributed by atoms with Crippen molar-refractivity contribution in [3.63, 3.8) is 0 Å².